The Morgan fingerprint density at radius 2 is 1.89 bits per heavy atom. The Labute approximate surface area is 117 Å². The fourth-order valence-electron chi connectivity index (χ4n) is 1.70. The molecule has 0 bridgehead atoms. The number of aryl methyl sites for hydroxylation is 1. The van der Waals surface area contributed by atoms with Gasteiger partial charge in [0.1, 0.15) is 12.4 Å². The minimum Gasteiger partial charge on any atom is -0.489 e. The van der Waals surface area contributed by atoms with Crippen molar-refractivity contribution in [3.63, 3.8) is 0 Å². The van der Waals surface area contributed by atoms with Gasteiger partial charge in [0.25, 0.3) is 0 Å². The molecule has 0 aliphatic carbocycles. The van der Waals surface area contributed by atoms with Crippen LogP contribution in [0, 0.1) is 6.92 Å². The van der Waals surface area contributed by atoms with Gasteiger partial charge in [0, 0.05) is 16.1 Å². The maximum absolute atomic E-state index is 11.3. The van der Waals surface area contributed by atoms with Gasteiger partial charge >= 0.3 is 0 Å². The van der Waals surface area contributed by atoms with Crippen molar-refractivity contribution in [2.24, 2.45) is 5.73 Å². The molecule has 2 N–H and O–H groups in total. The van der Waals surface area contributed by atoms with E-state index in [-0.39, 0.29) is 6.61 Å². The molecule has 2 rings (SSSR count). The van der Waals surface area contributed by atoms with Crippen molar-refractivity contribution in [2.45, 2.75) is 13.5 Å². The zero-order valence-corrected chi connectivity index (χ0v) is 11.3. The summed E-state index contributed by atoms with van der Waals surface area (Å²) in [5.41, 5.74) is 7.59. The Kier molecular flexibility index (Phi) is 4.07. The molecule has 0 aliphatic rings. The van der Waals surface area contributed by atoms with Crippen LogP contribution in [0.4, 0.5) is 0 Å². The Balaban J connectivity index is 2.15. The minimum atomic E-state index is -0.509. The van der Waals surface area contributed by atoms with E-state index < -0.39 is 5.91 Å². The van der Waals surface area contributed by atoms with E-state index in [9.17, 15) is 4.79 Å². The second-order valence-corrected chi connectivity index (χ2v) is 4.70. The maximum atomic E-state index is 11.3. The number of amides is 1. The first-order valence-corrected chi connectivity index (χ1v) is 6.22. The second-order valence-electron chi connectivity index (χ2n) is 4.27. The summed E-state index contributed by atoms with van der Waals surface area (Å²) in [5.74, 6) is 0.237. The van der Waals surface area contributed by atoms with Crippen LogP contribution >= 0.6 is 11.6 Å². The standard InChI is InChI=1S/C15H14ClNO2/c1-10-2-6-13(7-3-10)19-9-11-4-5-12(16)8-14(11)15(17)18/h2-8H,9H2,1H3,(H2,17,18). The summed E-state index contributed by atoms with van der Waals surface area (Å²) in [7, 11) is 0. The van der Waals surface area contributed by atoms with E-state index in [0.717, 1.165) is 16.9 Å². The van der Waals surface area contributed by atoms with Gasteiger partial charge in [-0.25, -0.2) is 0 Å². The molecule has 2 aromatic rings. The fraction of sp³-hybridized carbons (Fsp3) is 0.133. The lowest BCUT2D eigenvalue weighted by Gasteiger charge is -2.10. The summed E-state index contributed by atoms with van der Waals surface area (Å²) in [5, 5.41) is 0.480. The molecule has 0 atom stereocenters. The SMILES string of the molecule is Cc1ccc(OCc2ccc(Cl)cc2C(N)=O)cc1. The van der Waals surface area contributed by atoms with Gasteiger partial charge in [0.05, 0.1) is 0 Å². The molecule has 2 aromatic carbocycles. The number of hydrogen-bond acceptors (Lipinski definition) is 2. The molecule has 4 heteroatoms. The predicted molar refractivity (Wildman–Crippen MR) is 75.5 cm³/mol. The largest absolute Gasteiger partial charge is 0.489 e. The number of carbonyl (C=O) groups excluding carboxylic acids is 1. The number of hydrogen-bond donors (Lipinski definition) is 1. The van der Waals surface area contributed by atoms with Gasteiger partial charge in [-0.15, -0.1) is 0 Å². The van der Waals surface area contributed by atoms with Crippen molar-refractivity contribution >= 4 is 17.5 Å². The monoisotopic (exact) mass is 275 g/mol. The van der Waals surface area contributed by atoms with E-state index in [2.05, 4.69) is 0 Å². The van der Waals surface area contributed by atoms with Crippen molar-refractivity contribution in [2.75, 3.05) is 0 Å². The molecule has 0 unspecified atom stereocenters. The molecule has 0 heterocycles. The highest BCUT2D eigenvalue weighted by atomic mass is 35.5. The van der Waals surface area contributed by atoms with Crippen molar-refractivity contribution in [3.05, 3.63) is 64.2 Å². The summed E-state index contributed by atoms with van der Waals surface area (Å²) in [6.07, 6.45) is 0. The molecule has 98 valence electrons. The van der Waals surface area contributed by atoms with Gasteiger partial charge in [-0.1, -0.05) is 35.4 Å². The molecule has 3 nitrogen and oxygen atoms in total. The fourth-order valence-corrected chi connectivity index (χ4v) is 1.87. The highest BCUT2D eigenvalue weighted by Gasteiger charge is 2.09. The molecular formula is C15H14ClNO2. The van der Waals surface area contributed by atoms with E-state index in [4.69, 9.17) is 22.1 Å². The Morgan fingerprint density at radius 1 is 1.21 bits per heavy atom. The predicted octanol–water partition coefficient (Wildman–Crippen LogP) is 3.33. The van der Waals surface area contributed by atoms with Crippen LogP contribution in [-0.4, -0.2) is 5.91 Å². The van der Waals surface area contributed by atoms with Crippen molar-refractivity contribution in [1.29, 1.82) is 0 Å². The number of ether oxygens (including phenoxy) is 1. The lowest BCUT2D eigenvalue weighted by molar-refractivity contribution is 0.0998. The van der Waals surface area contributed by atoms with E-state index >= 15 is 0 Å². The highest BCUT2D eigenvalue weighted by Crippen LogP contribution is 2.19. The van der Waals surface area contributed by atoms with Crippen molar-refractivity contribution in [1.82, 2.24) is 0 Å². The van der Waals surface area contributed by atoms with Gasteiger partial charge in [-0.3, -0.25) is 4.79 Å². The molecular weight excluding hydrogens is 262 g/mol. The number of halogens is 1. The average molecular weight is 276 g/mol. The second kappa shape index (κ2) is 5.76. The van der Waals surface area contributed by atoms with Crippen molar-refractivity contribution < 1.29 is 9.53 Å². The van der Waals surface area contributed by atoms with Crippen LogP contribution in [0.2, 0.25) is 5.02 Å². The number of carbonyl (C=O) groups is 1. The maximum Gasteiger partial charge on any atom is 0.249 e. The summed E-state index contributed by atoms with van der Waals surface area (Å²) in [4.78, 5) is 11.3. The molecule has 0 saturated heterocycles. The van der Waals surface area contributed by atoms with Crippen LogP contribution in [-0.2, 0) is 6.61 Å². The topological polar surface area (TPSA) is 52.3 Å². The van der Waals surface area contributed by atoms with Gasteiger partial charge in [0.2, 0.25) is 5.91 Å². The van der Waals surface area contributed by atoms with E-state index in [1.165, 1.54) is 0 Å². The van der Waals surface area contributed by atoms with E-state index in [1.54, 1.807) is 18.2 Å². The van der Waals surface area contributed by atoms with Crippen LogP contribution in [0.25, 0.3) is 0 Å². The third-order valence-electron chi connectivity index (χ3n) is 2.75. The molecule has 0 aliphatic heterocycles. The van der Waals surface area contributed by atoms with Crippen LogP contribution < -0.4 is 10.5 Å². The van der Waals surface area contributed by atoms with E-state index in [1.807, 2.05) is 31.2 Å². The van der Waals surface area contributed by atoms with Gasteiger partial charge < -0.3 is 10.5 Å². The summed E-state index contributed by atoms with van der Waals surface area (Å²) >= 11 is 5.85. The van der Waals surface area contributed by atoms with Gasteiger partial charge in [-0.2, -0.15) is 0 Å². The van der Waals surface area contributed by atoms with Crippen LogP contribution in [0.3, 0.4) is 0 Å². The van der Waals surface area contributed by atoms with E-state index in [0.29, 0.717) is 10.6 Å². The quantitative estimate of drug-likeness (QED) is 0.930. The van der Waals surface area contributed by atoms with Gasteiger partial charge in [-0.05, 0) is 31.2 Å². The first kappa shape index (κ1) is 13.4. The minimum absolute atomic E-state index is 0.276. The number of rotatable bonds is 4. The van der Waals surface area contributed by atoms with Gasteiger partial charge in [0.15, 0.2) is 0 Å². The summed E-state index contributed by atoms with van der Waals surface area (Å²) < 4.78 is 5.63. The summed E-state index contributed by atoms with van der Waals surface area (Å²) in [6.45, 7) is 2.28. The average Bonchev–Trinajstić information content (AvgIpc) is 2.39. The Bertz CT molecular complexity index is 594. The molecule has 0 fully saturated rings. The van der Waals surface area contributed by atoms with Crippen LogP contribution in [0.5, 0.6) is 5.75 Å². The molecule has 19 heavy (non-hydrogen) atoms. The first-order valence-electron chi connectivity index (χ1n) is 5.84. The molecule has 0 radical (unpaired) electrons. The number of primary amides is 1. The smallest absolute Gasteiger partial charge is 0.249 e. The zero-order chi connectivity index (χ0) is 13.8. The first-order chi connectivity index (χ1) is 9.06. The molecule has 0 aromatic heterocycles. The zero-order valence-electron chi connectivity index (χ0n) is 10.5. The Morgan fingerprint density at radius 3 is 2.53 bits per heavy atom. The van der Waals surface area contributed by atoms with Crippen molar-refractivity contribution in [3.8, 4) is 5.75 Å². The number of nitrogens with two attached hydrogens (primary N) is 1. The molecule has 1 amide bonds. The normalized spacial score (nSPS) is 10.2. The molecule has 0 saturated carbocycles. The number of benzene rings is 2. The third kappa shape index (κ3) is 3.48. The third-order valence-corrected chi connectivity index (χ3v) is 2.99. The lowest BCUT2D eigenvalue weighted by Crippen LogP contribution is -2.14. The summed E-state index contributed by atoms with van der Waals surface area (Å²) in [6, 6.07) is 12.7. The Hall–Kier alpha value is -2.00. The molecule has 0 spiro atoms. The van der Waals surface area contributed by atoms with Crippen LogP contribution in [0.1, 0.15) is 21.5 Å². The highest BCUT2D eigenvalue weighted by molar-refractivity contribution is 6.31. The lowest BCUT2D eigenvalue weighted by atomic mass is 10.1. The van der Waals surface area contributed by atoms with Crippen LogP contribution in [0.15, 0.2) is 42.5 Å².